The summed E-state index contributed by atoms with van der Waals surface area (Å²) in [4.78, 5) is 11.3. The number of nitrogens with two attached hydrogens (primary N) is 1. The van der Waals surface area contributed by atoms with E-state index in [1.165, 1.54) is 0 Å². The number of rotatable bonds is 8. The molecule has 0 saturated carbocycles. The largest absolute Gasteiger partial charge is 0.396 e. The molecule has 0 unspecified atom stereocenters. The Morgan fingerprint density at radius 2 is 1.60 bits per heavy atom. The minimum Gasteiger partial charge on any atom is -0.396 e. The summed E-state index contributed by atoms with van der Waals surface area (Å²) >= 11 is 0. The normalized spacial score (nSPS) is 12.1. The first-order valence-corrected chi connectivity index (χ1v) is 5.48. The molecule has 0 aliphatic carbocycles. The number of primary amides is 1. The number of carbonyl (C=O) groups excluding carboxylic acids is 1. The van der Waals surface area contributed by atoms with Crippen LogP contribution in [0.25, 0.3) is 0 Å². The Bertz CT molecular complexity index is 184. The van der Waals surface area contributed by atoms with Crippen LogP contribution in [0, 0.1) is 11.3 Å². The van der Waals surface area contributed by atoms with Crippen molar-refractivity contribution >= 4 is 5.91 Å². The van der Waals surface area contributed by atoms with Gasteiger partial charge in [-0.3, -0.25) is 4.79 Å². The zero-order chi connectivity index (χ0) is 11.9. The third-order valence-electron chi connectivity index (χ3n) is 3.08. The first-order valence-electron chi connectivity index (χ1n) is 5.48. The van der Waals surface area contributed by atoms with Crippen LogP contribution in [0.3, 0.4) is 0 Å². The van der Waals surface area contributed by atoms with Crippen LogP contribution in [0.15, 0.2) is 0 Å². The lowest BCUT2D eigenvalue weighted by atomic mass is 9.73. The second-order valence-corrected chi connectivity index (χ2v) is 4.51. The van der Waals surface area contributed by atoms with Gasteiger partial charge in [-0.1, -0.05) is 13.8 Å². The molecular weight excluding hydrogens is 194 g/mol. The number of aliphatic hydroxyl groups excluding tert-OH is 2. The summed E-state index contributed by atoms with van der Waals surface area (Å²) in [5.74, 6) is -0.183. The summed E-state index contributed by atoms with van der Waals surface area (Å²) in [5, 5.41) is 17.6. The predicted molar refractivity (Wildman–Crippen MR) is 59.1 cm³/mol. The molecule has 0 aliphatic rings. The summed E-state index contributed by atoms with van der Waals surface area (Å²) in [7, 11) is 0. The molecule has 90 valence electrons. The fourth-order valence-corrected chi connectivity index (χ4v) is 1.74. The lowest BCUT2D eigenvalue weighted by Gasteiger charge is -2.31. The Morgan fingerprint density at radius 1 is 1.20 bits per heavy atom. The van der Waals surface area contributed by atoms with Crippen molar-refractivity contribution in [3.8, 4) is 0 Å². The maximum absolute atomic E-state index is 11.3. The molecule has 4 heteroatoms. The van der Waals surface area contributed by atoms with E-state index in [4.69, 9.17) is 15.9 Å². The van der Waals surface area contributed by atoms with Crippen molar-refractivity contribution in [2.24, 2.45) is 17.1 Å². The standard InChI is InChI=1S/C11H23NO3/c1-11(2,10(12)15)9(5-3-7-13)6-4-8-14/h9,13-14H,3-8H2,1-2H3,(H2,12,15). The van der Waals surface area contributed by atoms with Gasteiger partial charge in [0.05, 0.1) is 0 Å². The molecule has 4 N–H and O–H groups in total. The van der Waals surface area contributed by atoms with E-state index in [0.29, 0.717) is 12.8 Å². The van der Waals surface area contributed by atoms with Crippen LogP contribution in [0.2, 0.25) is 0 Å². The van der Waals surface area contributed by atoms with Crippen LogP contribution in [-0.4, -0.2) is 29.3 Å². The molecule has 0 saturated heterocycles. The van der Waals surface area contributed by atoms with Gasteiger partial charge in [-0.05, 0) is 31.6 Å². The molecule has 0 spiro atoms. The fraction of sp³-hybridized carbons (Fsp3) is 0.909. The summed E-state index contributed by atoms with van der Waals surface area (Å²) in [5.41, 5.74) is 4.79. The number of carbonyl (C=O) groups is 1. The second-order valence-electron chi connectivity index (χ2n) is 4.51. The van der Waals surface area contributed by atoms with E-state index in [-0.39, 0.29) is 25.0 Å². The molecule has 0 atom stereocenters. The zero-order valence-electron chi connectivity index (χ0n) is 9.70. The average Bonchev–Trinajstić information content (AvgIpc) is 2.17. The third-order valence-corrected chi connectivity index (χ3v) is 3.08. The smallest absolute Gasteiger partial charge is 0.223 e. The van der Waals surface area contributed by atoms with E-state index in [1.807, 2.05) is 13.8 Å². The minimum atomic E-state index is -0.565. The summed E-state index contributed by atoms with van der Waals surface area (Å²) in [6.07, 6.45) is 2.89. The molecule has 0 heterocycles. The summed E-state index contributed by atoms with van der Waals surface area (Å²) in [6, 6.07) is 0. The van der Waals surface area contributed by atoms with Crippen LogP contribution in [0.1, 0.15) is 39.5 Å². The Balaban J connectivity index is 4.38. The van der Waals surface area contributed by atoms with Gasteiger partial charge < -0.3 is 15.9 Å². The van der Waals surface area contributed by atoms with Crippen LogP contribution in [0.5, 0.6) is 0 Å². The molecule has 0 radical (unpaired) electrons. The fourth-order valence-electron chi connectivity index (χ4n) is 1.74. The highest BCUT2D eigenvalue weighted by molar-refractivity contribution is 5.80. The van der Waals surface area contributed by atoms with E-state index in [2.05, 4.69) is 0 Å². The van der Waals surface area contributed by atoms with Crippen LogP contribution >= 0.6 is 0 Å². The molecule has 0 aromatic rings. The van der Waals surface area contributed by atoms with Crippen molar-refractivity contribution in [2.75, 3.05) is 13.2 Å². The number of aliphatic hydroxyl groups is 2. The SMILES string of the molecule is CC(C)(C(N)=O)C(CCCO)CCCO. The highest BCUT2D eigenvalue weighted by Crippen LogP contribution is 2.33. The van der Waals surface area contributed by atoms with Gasteiger partial charge in [0.1, 0.15) is 0 Å². The van der Waals surface area contributed by atoms with Crippen molar-refractivity contribution < 1.29 is 15.0 Å². The van der Waals surface area contributed by atoms with Crippen molar-refractivity contribution in [1.29, 1.82) is 0 Å². The molecule has 0 aliphatic heterocycles. The van der Waals surface area contributed by atoms with Crippen LogP contribution < -0.4 is 5.73 Å². The highest BCUT2D eigenvalue weighted by atomic mass is 16.3. The molecule has 0 fully saturated rings. The molecule has 15 heavy (non-hydrogen) atoms. The molecule has 1 amide bonds. The van der Waals surface area contributed by atoms with E-state index < -0.39 is 5.41 Å². The van der Waals surface area contributed by atoms with Gasteiger partial charge in [-0.25, -0.2) is 0 Å². The van der Waals surface area contributed by atoms with Crippen LogP contribution in [0.4, 0.5) is 0 Å². The van der Waals surface area contributed by atoms with E-state index in [0.717, 1.165) is 12.8 Å². The van der Waals surface area contributed by atoms with Gasteiger partial charge in [0.15, 0.2) is 0 Å². The van der Waals surface area contributed by atoms with Gasteiger partial charge in [0.25, 0.3) is 0 Å². The summed E-state index contributed by atoms with van der Waals surface area (Å²) in [6.45, 7) is 3.92. The van der Waals surface area contributed by atoms with Crippen molar-refractivity contribution in [3.63, 3.8) is 0 Å². The van der Waals surface area contributed by atoms with Gasteiger partial charge in [-0.2, -0.15) is 0 Å². The molecule has 4 nitrogen and oxygen atoms in total. The topological polar surface area (TPSA) is 83.6 Å². The Labute approximate surface area is 91.5 Å². The van der Waals surface area contributed by atoms with Gasteiger partial charge >= 0.3 is 0 Å². The molecule has 0 aromatic carbocycles. The average molecular weight is 217 g/mol. The van der Waals surface area contributed by atoms with E-state index in [1.54, 1.807) is 0 Å². The second kappa shape index (κ2) is 6.80. The predicted octanol–water partition coefficient (Wildman–Crippen LogP) is 0.659. The Morgan fingerprint density at radius 3 is 1.87 bits per heavy atom. The van der Waals surface area contributed by atoms with Crippen molar-refractivity contribution in [2.45, 2.75) is 39.5 Å². The first kappa shape index (κ1) is 14.4. The van der Waals surface area contributed by atoms with Gasteiger partial charge in [0, 0.05) is 18.6 Å². The minimum absolute atomic E-state index is 0.129. The number of amides is 1. The highest BCUT2D eigenvalue weighted by Gasteiger charge is 2.33. The number of hydrogen-bond acceptors (Lipinski definition) is 3. The third kappa shape index (κ3) is 4.62. The van der Waals surface area contributed by atoms with E-state index >= 15 is 0 Å². The molecule has 0 rings (SSSR count). The van der Waals surface area contributed by atoms with Gasteiger partial charge in [0.2, 0.25) is 5.91 Å². The van der Waals surface area contributed by atoms with Crippen LogP contribution in [-0.2, 0) is 4.79 Å². The van der Waals surface area contributed by atoms with Gasteiger partial charge in [-0.15, -0.1) is 0 Å². The molecule has 0 bridgehead atoms. The maximum Gasteiger partial charge on any atom is 0.223 e. The lowest BCUT2D eigenvalue weighted by molar-refractivity contribution is -0.129. The molecular formula is C11H23NO3. The molecule has 0 aromatic heterocycles. The zero-order valence-corrected chi connectivity index (χ0v) is 9.70. The monoisotopic (exact) mass is 217 g/mol. The quantitative estimate of drug-likeness (QED) is 0.558. The van der Waals surface area contributed by atoms with Crippen molar-refractivity contribution in [1.82, 2.24) is 0 Å². The summed E-state index contributed by atoms with van der Waals surface area (Å²) < 4.78 is 0. The Hall–Kier alpha value is -0.610. The number of hydrogen-bond donors (Lipinski definition) is 3. The van der Waals surface area contributed by atoms with Crippen molar-refractivity contribution in [3.05, 3.63) is 0 Å². The Kier molecular flexibility index (Phi) is 6.52. The maximum atomic E-state index is 11.3. The van der Waals surface area contributed by atoms with E-state index in [9.17, 15) is 4.79 Å². The lowest BCUT2D eigenvalue weighted by Crippen LogP contribution is -2.38. The first-order chi connectivity index (χ1) is 6.96.